The zero-order valence-electron chi connectivity index (χ0n) is 15.0. The van der Waals surface area contributed by atoms with Gasteiger partial charge in [0.2, 0.25) is 11.8 Å². The van der Waals surface area contributed by atoms with Gasteiger partial charge in [0.25, 0.3) is 0 Å². The van der Waals surface area contributed by atoms with Gasteiger partial charge in [0.15, 0.2) is 0 Å². The van der Waals surface area contributed by atoms with Crippen LogP contribution >= 0.6 is 11.6 Å². The van der Waals surface area contributed by atoms with E-state index in [0.29, 0.717) is 5.02 Å². The number of amides is 2. The lowest BCUT2D eigenvalue weighted by Gasteiger charge is -2.15. The van der Waals surface area contributed by atoms with E-state index in [9.17, 15) is 9.59 Å². The number of aryl methyl sites for hydroxylation is 1. The summed E-state index contributed by atoms with van der Waals surface area (Å²) < 4.78 is 0. The van der Waals surface area contributed by atoms with E-state index in [2.05, 4.69) is 16.0 Å². The van der Waals surface area contributed by atoms with Crippen LogP contribution in [-0.4, -0.2) is 24.9 Å². The van der Waals surface area contributed by atoms with Crippen molar-refractivity contribution < 1.29 is 9.59 Å². The Morgan fingerprint density at radius 2 is 1.69 bits per heavy atom. The van der Waals surface area contributed by atoms with Crippen molar-refractivity contribution in [1.29, 1.82) is 0 Å². The van der Waals surface area contributed by atoms with Gasteiger partial charge in [-0.05, 0) is 36.6 Å². The van der Waals surface area contributed by atoms with Crippen LogP contribution in [0, 0.1) is 0 Å². The van der Waals surface area contributed by atoms with E-state index in [-0.39, 0.29) is 30.9 Å². The highest BCUT2D eigenvalue weighted by atomic mass is 35.5. The Labute approximate surface area is 159 Å². The minimum absolute atomic E-state index is 0.0697. The number of anilines is 1. The minimum Gasteiger partial charge on any atom is -0.346 e. The smallest absolute Gasteiger partial charge is 0.243 e. The summed E-state index contributed by atoms with van der Waals surface area (Å²) in [5.41, 5.74) is 2.76. The van der Waals surface area contributed by atoms with Crippen molar-refractivity contribution in [1.82, 2.24) is 10.6 Å². The molecule has 1 atom stereocenters. The average molecular weight is 374 g/mol. The molecular weight excluding hydrogens is 350 g/mol. The van der Waals surface area contributed by atoms with Gasteiger partial charge >= 0.3 is 0 Å². The minimum atomic E-state index is -0.251. The van der Waals surface area contributed by atoms with Crippen LogP contribution in [-0.2, 0) is 16.0 Å². The number of nitrogens with one attached hydrogen (secondary N) is 3. The monoisotopic (exact) mass is 373 g/mol. The third-order valence-electron chi connectivity index (χ3n) is 4.06. The molecule has 5 nitrogen and oxygen atoms in total. The van der Waals surface area contributed by atoms with Crippen LogP contribution in [0.2, 0.25) is 5.02 Å². The van der Waals surface area contributed by atoms with Crippen molar-refractivity contribution in [2.24, 2.45) is 0 Å². The standard InChI is InChI=1S/C20H24ClN3O2/c1-3-15-8-4-7-11-18(15)24-20(26)13-23-19(25)12-22-14(2)16-9-5-6-10-17(16)21/h4-11,14,22H,3,12-13H2,1-2H3,(H,23,25)(H,24,26)/t14-/m1/s1. The van der Waals surface area contributed by atoms with Crippen molar-refractivity contribution >= 4 is 29.1 Å². The molecule has 0 aliphatic rings. The number of hydrogen-bond donors (Lipinski definition) is 3. The Morgan fingerprint density at radius 3 is 2.42 bits per heavy atom. The molecule has 0 unspecified atom stereocenters. The van der Waals surface area contributed by atoms with Crippen LogP contribution in [0.15, 0.2) is 48.5 Å². The molecule has 3 N–H and O–H groups in total. The highest BCUT2D eigenvalue weighted by molar-refractivity contribution is 6.31. The van der Waals surface area contributed by atoms with Crippen molar-refractivity contribution in [3.63, 3.8) is 0 Å². The zero-order valence-corrected chi connectivity index (χ0v) is 15.8. The summed E-state index contributed by atoms with van der Waals surface area (Å²) in [6.45, 7) is 3.99. The van der Waals surface area contributed by atoms with E-state index in [4.69, 9.17) is 11.6 Å². The van der Waals surface area contributed by atoms with Crippen molar-refractivity contribution in [3.05, 3.63) is 64.7 Å². The van der Waals surface area contributed by atoms with Gasteiger partial charge in [-0.2, -0.15) is 0 Å². The lowest BCUT2D eigenvalue weighted by molar-refractivity contribution is -0.123. The van der Waals surface area contributed by atoms with E-state index >= 15 is 0 Å². The first-order chi connectivity index (χ1) is 12.5. The van der Waals surface area contributed by atoms with Crippen molar-refractivity contribution in [2.45, 2.75) is 26.3 Å². The van der Waals surface area contributed by atoms with E-state index in [1.807, 2.05) is 62.4 Å². The maximum Gasteiger partial charge on any atom is 0.243 e. The molecule has 0 aliphatic heterocycles. The lowest BCUT2D eigenvalue weighted by Crippen LogP contribution is -2.39. The Kier molecular flexibility index (Phi) is 7.63. The second kappa shape index (κ2) is 9.94. The molecule has 0 aliphatic carbocycles. The largest absolute Gasteiger partial charge is 0.346 e. The van der Waals surface area contributed by atoms with Gasteiger partial charge in [-0.15, -0.1) is 0 Å². The summed E-state index contributed by atoms with van der Waals surface area (Å²) in [6.07, 6.45) is 0.826. The quantitative estimate of drug-likeness (QED) is 0.664. The highest BCUT2D eigenvalue weighted by Gasteiger charge is 2.11. The van der Waals surface area contributed by atoms with Crippen LogP contribution in [0.4, 0.5) is 5.69 Å². The third-order valence-corrected chi connectivity index (χ3v) is 4.40. The van der Waals surface area contributed by atoms with Gasteiger partial charge in [-0.1, -0.05) is 54.9 Å². The van der Waals surface area contributed by atoms with E-state index in [1.165, 1.54) is 0 Å². The highest BCUT2D eigenvalue weighted by Crippen LogP contribution is 2.21. The van der Waals surface area contributed by atoms with Crippen LogP contribution in [0.1, 0.15) is 31.0 Å². The van der Waals surface area contributed by atoms with Crippen LogP contribution < -0.4 is 16.0 Å². The predicted octanol–water partition coefficient (Wildman–Crippen LogP) is 3.31. The van der Waals surface area contributed by atoms with Crippen molar-refractivity contribution in [2.75, 3.05) is 18.4 Å². The fourth-order valence-corrected chi connectivity index (χ4v) is 2.87. The molecule has 0 spiro atoms. The Hall–Kier alpha value is -2.37. The SMILES string of the molecule is CCc1ccccc1NC(=O)CNC(=O)CN[C@H](C)c1ccccc1Cl. The fourth-order valence-electron chi connectivity index (χ4n) is 2.57. The number of halogens is 1. The number of para-hydroxylation sites is 1. The number of benzene rings is 2. The second-order valence-electron chi connectivity index (χ2n) is 5.96. The topological polar surface area (TPSA) is 70.2 Å². The Morgan fingerprint density at radius 1 is 1.00 bits per heavy atom. The molecule has 138 valence electrons. The number of hydrogen-bond acceptors (Lipinski definition) is 3. The molecular formula is C20H24ClN3O2. The fraction of sp³-hybridized carbons (Fsp3) is 0.300. The van der Waals surface area contributed by atoms with Gasteiger partial charge in [-0.3, -0.25) is 9.59 Å². The molecule has 0 aromatic heterocycles. The van der Waals surface area contributed by atoms with E-state index < -0.39 is 0 Å². The van der Waals surface area contributed by atoms with Gasteiger partial charge in [0.1, 0.15) is 0 Å². The molecule has 0 saturated heterocycles. The number of carbonyl (C=O) groups is 2. The molecule has 2 rings (SSSR count). The maximum atomic E-state index is 12.0. The molecule has 0 heterocycles. The van der Waals surface area contributed by atoms with Crippen LogP contribution in [0.3, 0.4) is 0 Å². The molecule has 2 amide bonds. The summed E-state index contributed by atoms with van der Waals surface area (Å²) in [6, 6.07) is 15.0. The van der Waals surface area contributed by atoms with Gasteiger partial charge in [0.05, 0.1) is 13.1 Å². The summed E-state index contributed by atoms with van der Waals surface area (Å²) >= 11 is 6.15. The predicted molar refractivity (Wildman–Crippen MR) is 105 cm³/mol. The molecule has 0 bridgehead atoms. The molecule has 0 fully saturated rings. The zero-order chi connectivity index (χ0) is 18.9. The molecule has 6 heteroatoms. The van der Waals surface area contributed by atoms with E-state index in [0.717, 1.165) is 23.2 Å². The second-order valence-corrected chi connectivity index (χ2v) is 6.37. The third kappa shape index (κ3) is 5.86. The van der Waals surface area contributed by atoms with Gasteiger partial charge in [0, 0.05) is 16.8 Å². The van der Waals surface area contributed by atoms with Crippen molar-refractivity contribution in [3.8, 4) is 0 Å². The number of rotatable bonds is 8. The van der Waals surface area contributed by atoms with Crippen LogP contribution in [0.5, 0.6) is 0 Å². The Bertz CT molecular complexity index is 764. The summed E-state index contributed by atoms with van der Waals surface area (Å²) in [4.78, 5) is 24.0. The molecule has 0 radical (unpaired) electrons. The van der Waals surface area contributed by atoms with Gasteiger partial charge < -0.3 is 16.0 Å². The first kappa shape index (κ1) is 19.9. The van der Waals surface area contributed by atoms with Crippen LogP contribution in [0.25, 0.3) is 0 Å². The molecule has 2 aromatic carbocycles. The summed E-state index contributed by atoms with van der Waals surface area (Å²) in [7, 11) is 0. The molecule has 26 heavy (non-hydrogen) atoms. The first-order valence-corrected chi connectivity index (χ1v) is 9.01. The molecule has 0 saturated carbocycles. The summed E-state index contributed by atoms with van der Waals surface area (Å²) in [5, 5.41) is 9.20. The Balaban J connectivity index is 1.76. The lowest BCUT2D eigenvalue weighted by atomic mass is 10.1. The number of carbonyl (C=O) groups excluding carboxylic acids is 2. The summed E-state index contributed by atoms with van der Waals surface area (Å²) in [5.74, 6) is -0.499. The normalized spacial score (nSPS) is 11.7. The first-order valence-electron chi connectivity index (χ1n) is 8.63. The average Bonchev–Trinajstić information content (AvgIpc) is 2.65. The van der Waals surface area contributed by atoms with Gasteiger partial charge in [-0.25, -0.2) is 0 Å². The maximum absolute atomic E-state index is 12.0. The van der Waals surface area contributed by atoms with E-state index in [1.54, 1.807) is 0 Å². The molecule has 2 aromatic rings.